The summed E-state index contributed by atoms with van der Waals surface area (Å²) >= 11 is 0. The van der Waals surface area contributed by atoms with Gasteiger partial charge in [0.05, 0.1) is 0 Å². The Hall–Kier alpha value is -2.92. The Balaban J connectivity index is 1.82. The zero-order chi connectivity index (χ0) is 20.6. The van der Waals surface area contributed by atoms with Crippen LogP contribution in [-0.2, 0) is 4.79 Å². The predicted octanol–water partition coefficient (Wildman–Crippen LogP) is 4.24. The van der Waals surface area contributed by atoms with E-state index in [0.717, 1.165) is 42.0 Å². The molecule has 1 atom stereocenters. The third-order valence-corrected chi connectivity index (χ3v) is 5.26. The molecule has 0 spiro atoms. The molecule has 0 radical (unpaired) electrons. The van der Waals surface area contributed by atoms with Crippen LogP contribution in [0.1, 0.15) is 26.8 Å². The summed E-state index contributed by atoms with van der Waals surface area (Å²) in [6, 6.07) is 19.9. The molecule has 1 unspecified atom stereocenters. The molecule has 152 valence electrons. The van der Waals surface area contributed by atoms with Crippen LogP contribution < -0.4 is 5.32 Å². The molecular formula is C24H30N4O. The van der Waals surface area contributed by atoms with E-state index < -0.39 is 0 Å². The number of aromatic nitrogens is 2. The SMILES string of the molecule is CCN(CC)CCNC(=O)C(C)n1cc(-c2ccccc2)c(-c2ccccc2)n1. The molecule has 1 N–H and O–H groups in total. The summed E-state index contributed by atoms with van der Waals surface area (Å²) in [6.45, 7) is 9.63. The van der Waals surface area contributed by atoms with E-state index in [0.29, 0.717) is 6.54 Å². The van der Waals surface area contributed by atoms with Gasteiger partial charge in [-0.3, -0.25) is 9.48 Å². The van der Waals surface area contributed by atoms with Gasteiger partial charge in [0.25, 0.3) is 0 Å². The van der Waals surface area contributed by atoms with Crippen molar-refractivity contribution in [3.05, 3.63) is 66.9 Å². The van der Waals surface area contributed by atoms with Crippen molar-refractivity contribution in [2.24, 2.45) is 0 Å². The van der Waals surface area contributed by atoms with E-state index >= 15 is 0 Å². The molecule has 0 saturated carbocycles. The highest BCUT2D eigenvalue weighted by Gasteiger charge is 2.20. The fraction of sp³-hybridized carbons (Fsp3) is 0.333. The van der Waals surface area contributed by atoms with Crippen molar-refractivity contribution in [3.63, 3.8) is 0 Å². The van der Waals surface area contributed by atoms with Crippen LogP contribution >= 0.6 is 0 Å². The van der Waals surface area contributed by atoms with Crippen LogP contribution in [0.5, 0.6) is 0 Å². The maximum Gasteiger partial charge on any atom is 0.244 e. The van der Waals surface area contributed by atoms with Gasteiger partial charge in [0.1, 0.15) is 11.7 Å². The number of carbonyl (C=O) groups is 1. The van der Waals surface area contributed by atoms with Crippen molar-refractivity contribution in [1.82, 2.24) is 20.0 Å². The van der Waals surface area contributed by atoms with Crippen LogP contribution in [0.15, 0.2) is 66.9 Å². The predicted molar refractivity (Wildman–Crippen MR) is 119 cm³/mol. The van der Waals surface area contributed by atoms with E-state index in [1.54, 1.807) is 4.68 Å². The second-order valence-corrected chi connectivity index (χ2v) is 7.10. The zero-order valence-corrected chi connectivity index (χ0v) is 17.5. The second kappa shape index (κ2) is 10.0. The van der Waals surface area contributed by atoms with Gasteiger partial charge in [-0.25, -0.2) is 0 Å². The van der Waals surface area contributed by atoms with Gasteiger partial charge in [-0.1, -0.05) is 74.5 Å². The molecule has 0 fully saturated rings. The van der Waals surface area contributed by atoms with Crippen molar-refractivity contribution in [1.29, 1.82) is 0 Å². The monoisotopic (exact) mass is 390 g/mol. The summed E-state index contributed by atoms with van der Waals surface area (Å²) in [5.41, 5.74) is 4.05. The Morgan fingerprint density at radius 2 is 1.59 bits per heavy atom. The van der Waals surface area contributed by atoms with E-state index in [9.17, 15) is 4.79 Å². The van der Waals surface area contributed by atoms with Crippen molar-refractivity contribution in [2.45, 2.75) is 26.8 Å². The minimum absolute atomic E-state index is 0.0149. The lowest BCUT2D eigenvalue weighted by atomic mass is 10.0. The summed E-state index contributed by atoms with van der Waals surface area (Å²) in [5.74, 6) is -0.0149. The van der Waals surface area contributed by atoms with Crippen LogP contribution in [0.25, 0.3) is 22.4 Å². The number of nitrogens with one attached hydrogen (secondary N) is 1. The van der Waals surface area contributed by atoms with Gasteiger partial charge in [0, 0.05) is 30.4 Å². The molecule has 3 rings (SSSR count). The van der Waals surface area contributed by atoms with E-state index in [-0.39, 0.29) is 11.9 Å². The van der Waals surface area contributed by atoms with Crippen molar-refractivity contribution >= 4 is 5.91 Å². The summed E-state index contributed by atoms with van der Waals surface area (Å²) in [5, 5.41) is 7.85. The van der Waals surface area contributed by atoms with Crippen LogP contribution in [0.2, 0.25) is 0 Å². The topological polar surface area (TPSA) is 50.2 Å². The molecule has 2 aromatic carbocycles. The lowest BCUT2D eigenvalue weighted by molar-refractivity contribution is -0.124. The normalized spacial score (nSPS) is 12.1. The highest BCUT2D eigenvalue weighted by molar-refractivity contribution is 5.82. The zero-order valence-electron chi connectivity index (χ0n) is 17.5. The van der Waals surface area contributed by atoms with Crippen molar-refractivity contribution in [3.8, 4) is 22.4 Å². The Labute approximate surface area is 173 Å². The first-order valence-electron chi connectivity index (χ1n) is 10.3. The molecule has 0 aliphatic carbocycles. The molecular weight excluding hydrogens is 360 g/mol. The minimum Gasteiger partial charge on any atom is -0.353 e. The molecule has 0 aliphatic rings. The molecule has 5 heteroatoms. The summed E-state index contributed by atoms with van der Waals surface area (Å²) < 4.78 is 1.78. The van der Waals surface area contributed by atoms with Crippen molar-refractivity contribution < 1.29 is 4.79 Å². The number of likely N-dealkylation sites (N-methyl/N-ethyl adjacent to an activating group) is 1. The average Bonchev–Trinajstić information content (AvgIpc) is 3.23. The molecule has 1 amide bonds. The van der Waals surface area contributed by atoms with Gasteiger partial charge in [0.2, 0.25) is 5.91 Å². The van der Waals surface area contributed by atoms with Crippen LogP contribution in [-0.4, -0.2) is 46.8 Å². The fourth-order valence-corrected chi connectivity index (χ4v) is 3.37. The number of nitrogens with zero attached hydrogens (tertiary/aromatic N) is 3. The highest BCUT2D eigenvalue weighted by Crippen LogP contribution is 2.31. The van der Waals surface area contributed by atoms with Gasteiger partial charge in [0.15, 0.2) is 0 Å². The van der Waals surface area contributed by atoms with Crippen LogP contribution in [0.3, 0.4) is 0 Å². The molecule has 3 aromatic rings. The summed E-state index contributed by atoms with van der Waals surface area (Å²) in [4.78, 5) is 15.0. The van der Waals surface area contributed by atoms with E-state index in [2.05, 4.69) is 36.2 Å². The first-order chi connectivity index (χ1) is 14.1. The smallest absolute Gasteiger partial charge is 0.244 e. The number of carbonyl (C=O) groups excluding carboxylic acids is 1. The highest BCUT2D eigenvalue weighted by atomic mass is 16.2. The van der Waals surface area contributed by atoms with Gasteiger partial charge in [-0.15, -0.1) is 0 Å². The fourth-order valence-electron chi connectivity index (χ4n) is 3.37. The molecule has 0 bridgehead atoms. The lowest BCUT2D eigenvalue weighted by Gasteiger charge is -2.19. The third-order valence-electron chi connectivity index (χ3n) is 5.26. The Kier molecular flexibility index (Phi) is 7.19. The summed E-state index contributed by atoms with van der Waals surface area (Å²) in [7, 11) is 0. The van der Waals surface area contributed by atoms with Gasteiger partial charge in [-0.2, -0.15) is 5.10 Å². The standard InChI is InChI=1S/C24H30N4O/c1-4-27(5-2)17-16-25-24(29)19(3)28-18-22(20-12-8-6-9-13-20)23(26-28)21-14-10-7-11-15-21/h6-15,18-19H,4-5,16-17H2,1-3H3,(H,25,29). The van der Waals surface area contributed by atoms with Crippen LogP contribution in [0.4, 0.5) is 0 Å². The number of amides is 1. The van der Waals surface area contributed by atoms with E-state index in [4.69, 9.17) is 5.10 Å². The van der Waals surface area contributed by atoms with Gasteiger partial charge < -0.3 is 10.2 Å². The molecule has 0 aliphatic heterocycles. The quantitative estimate of drug-likeness (QED) is 0.595. The minimum atomic E-state index is -0.383. The maximum atomic E-state index is 12.7. The second-order valence-electron chi connectivity index (χ2n) is 7.10. The van der Waals surface area contributed by atoms with Gasteiger partial charge in [-0.05, 0) is 25.6 Å². The van der Waals surface area contributed by atoms with Crippen molar-refractivity contribution in [2.75, 3.05) is 26.2 Å². The molecule has 5 nitrogen and oxygen atoms in total. The maximum absolute atomic E-state index is 12.7. The summed E-state index contributed by atoms with van der Waals surface area (Å²) in [6.07, 6.45) is 1.98. The molecule has 1 aromatic heterocycles. The third kappa shape index (κ3) is 5.12. The Bertz CT molecular complexity index is 844. The Morgan fingerprint density at radius 1 is 1.00 bits per heavy atom. The Morgan fingerprint density at radius 3 is 2.17 bits per heavy atom. The largest absolute Gasteiger partial charge is 0.353 e. The number of hydrogen-bond acceptors (Lipinski definition) is 3. The average molecular weight is 391 g/mol. The number of rotatable bonds is 9. The molecule has 1 heterocycles. The molecule has 0 saturated heterocycles. The van der Waals surface area contributed by atoms with Crippen LogP contribution in [0, 0.1) is 0 Å². The number of hydrogen-bond donors (Lipinski definition) is 1. The number of benzene rings is 2. The molecule has 29 heavy (non-hydrogen) atoms. The first kappa shape index (κ1) is 20.8. The van der Waals surface area contributed by atoms with Gasteiger partial charge >= 0.3 is 0 Å². The first-order valence-corrected chi connectivity index (χ1v) is 10.3. The van der Waals surface area contributed by atoms with E-state index in [1.807, 2.05) is 61.7 Å². The lowest BCUT2D eigenvalue weighted by Crippen LogP contribution is -2.37. The van der Waals surface area contributed by atoms with E-state index in [1.165, 1.54) is 0 Å².